The van der Waals surface area contributed by atoms with Gasteiger partial charge in [-0.3, -0.25) is 10.1 Å². The number of nitro groups is 1. The average Bonchev–Trinajstić information content (AvgIpc) is 2.08. The molecule has 1 aromatic heterocycles. The van der Waals surface area contributed by atoms with Gasteiger partial charge in [0.05, 0.1) is 4.92 Å². The highest BCUT2D eigenvalue weighted by molar-refractivity contribution is 5.45. The molecule has 5 nitrogen and oxygen atoms in total. The largest absolute Gasteiger partial charge is 0.306 e. The Morgan fingerprint density at radius 1 is 1.77 bits per heavy atom. The second-order valence-electron chi connectivity index (χ2n) is 2.33. The molecule has 0 aliphatic heterocycles. The van der Waals surface area contributed by atoms with Crippen LogP contribution in [0.3, 0.4) is 0 Å². The summed E-state index contributed by atoms with van der Waals surface area (Å²) in [6, 6.07) is 2.44. The Morgan fingerprint density at radius 2 is 2.38 bits per heavy atom. The number of pyridine rings is 1. The maximum Gasteiger partial charge on any atom is 0.306 e. The SMILES string of the molecule is Cc1cc([N+](=O)[O-])c(C#N)nc1F. The second-order valence-corrected chi connectivity index (χ2v) is 2.33. The standard InChI is InChI=1S/C7H4FN3O2/c1-4-2-6(11(12)13)5(3-9)10-7(4)8/h2H,1H3. The maximum absolute atomic E-state index is 12.7. The third-order valence-electron chi connectivity index (χ3n) is 1.43. The van der Waals surface area contributed by atoms with Crippen LogP contribution in [0, 0.1) is 34.3 Å². The van der Waals surface area contributed by atoms with Gasteiger partial charge in [-0.25, -0.2) is 4.98 Å². The lowest BCUT2D eigenvalue weighted by atomic mass is 10.2. The van der Waals surface area contributed by atoms with E-state index in [4.69, 9.17) is 5.26 Å². The number of aromatic nitrogens is 1. The minimum Gasteiger partial charge on any atom is -0.258 e. The van der Waals surface area contributed by atoms with Crippen LogP contribution in [-0.4, -0.2) is 9.91 Å². The number of hydrogen-bond donors (Lipinski definition) is 0. The van der Waals surface area contributed by atoms with E-state index in [9.17, 15) is 14.5 Å². The number of nitrogens with zero attached hydrogens (tertiary/aromatic N) is 3. The molecule has 0 aliphatic carbocycles. The van der Waals surface area contributed by atoms with Gasteiger partial charge >= 0.3 is 5.69 Å². The molecule has 0 radical (unpaired) electrons. The lowest BCUT2D eigenvalue weighted by molar-refractivity contribution is -0.385. The third kappa shape index (κ3) is 1.59. The van der Waals surface area contributed by atoms with Gasteiger partial charge in [-0.15, -0.1) is 0 Å². The fraction of sp³-hybridized carbons (Fsp3) is 0.143. The van der Waals surface area contributed by atoms with Crippen molar-refractivity contribution in [2.45, 2.75) is 6.92 Å². The van der Waals surface area contributed by atoms with E-state index in [1.165, 1.54) is 13.0 Å². The summed E-state index contributed by atoms with van der Waals surface area (Å²) in [6.45, 7) is 1.34. The summed E-state index contributed by atoms with van der Waals surface area (Å²) in [5.74, 6) is -0.859. The summed E-state index contributed by atoms with van der Waals surface area (Å²) in [6.07, 6.45) is 0. The molecule has 0 N–H and O–H groups in total. The van der Waals surface area contributed by atoms with E-state index < -0.39 is 22.3 Å². The van der Waals surface area contributed by atoms with Crippen LogP contribution in [0.5, 0.6) is 0 Å². The van der Waals surface area contributed by atoms with E-state index in [-0.39, 0.29) is 5.56 Å². The normalized spacial score (nSPS) is 9.31. The van der Waals surface area contributed by atoms with Crippen molar-refractivity contribution in [3.8, 4) is 6.07 Å². The fourth-order valence-corrected chi connectivity index (χ4v) is 0.798. The van der Waals surface area contributed by atoms with Crippen LogP contribution in [0.4, 0.5) is 10.1 Å². The molecule has 66 valence electrons. The van der Waals surface area contributed by atoms with Crippen molar-refractivity contribution < 1.29 is 9.31 Å². The van der Waals surface area contributed by atoms with Crippen molar-refractivity contribution in [2.24, 2.45) is 0 Å². The van der Waals surface area contributed by atoms with Crippen LogP contribution >= 0.6 is 0 Å². The van der Waals surface area contributed by atoms with Crippen LogP contribution < -0.4 is 0 Å². The predicted molar refractivity (Wildman–Crippen MR) is 40.3 cm³/mol. The number of halogens is 1. The molecule has 13 heavy (non-hydrogen) atoms. The second kappa shape index (κ2) is 3.15. The van der Waals surface area contributed by atoms with Crippen molar-refractivity contribution in [1.29, 1.82) is 5.26 Å². The fourth-order valence-electron chi connectivity index (χ4n) is 0.798. The molecule has 0 unspecified atom stereocenters. The van der Waals surface area contributed by atoms with E-state index in [2.05, 4.69) is 4.98 Å². The van der Waals surface area contributed by atoms with Gasteiger partial charge < -0.3 is 0 Å². The molecule has 0 aromatic carbocycles. The number of hydrogen-bond acceptors (Lipinski definition) is 4. The first-order valence-corrected chi connectivity index (χ1v) is 3.28. The van der Waals surface area contributed by atoms with E-state index in [0.717, 1.165) is 6.07 Å². The highest BCUT2D eigenvalue weighted by Gasteiger charge is 2.17. The number of rotatable bonds is 1. The predicted octanol–water partition coefficient (Wildman–Crippen LogP) is 1.31. The molecule has 0 saturated heterocycles. The zero-order chi connectivity index (χ0) is 10.0. The number of aryl methyl sites for hydroxylation is 1. The van der Waals surface area contributed by atoms with Gasteiger partial charge in [-0.1, -0.05) is 0 Å². The summed E-state index contributed by atoms with van der Waals surface area (Å²) < 4.78 is 12.7. The van der Waals surface area contributed by atoms with Crippen LogP contribution in [0.1, 0.15) is 11.3 Å². The molecule has 0 atom stereocenters. The molecule has 1 rings (SSSR count). The van der Waals surface area contributed by atoms with Crippen molar-refractivity contribution in [2.75, 3.05) is 0 Å². The minimum absolute atomic E-state index is 0.0469. The van der Waals surface area contributed by atoms with E-state index in [0.29, 0.717) is 0 Å². The van der Waals surface area contributed by atoms with Gasteiger partial charge in [0, 0.05) is 11.6 Å². The third-order valence-corrected chi connectivity index (χ3v) is 1.43. The lowest BCUT2D eigenvalue weighted by Crippen LogP contribution is -1.99. The van der Waals surface area contributed by atoms with Crippen LogP contribution in [0.25, 0.3) is 0 Å². The molecular weight excluding hydrogens is 177 g/mol. The molecule has 1 heterocycles. The summed E-state index contributed by atoms with van der Waals surface area (Å²) in [4.78, 5) is 12.7. The molecule has 0 bridgehead atoms. The summed E-state index contributed by atoms with van der Waals surface area (Å²) in [5, 5.41) is 18.7. The Balaban J connectivity index is 3.44. The quantitative estimate of drug-likeness (QED) is 0.371. The minimum atomic E-state index is -0.859. The van der Waals surface area contributed by atoms with Crippen molar-refractivity contribution in [1.82, 2.24) is 4.98 Å². The smallest absolute Gasteiger partial charge is 0.258 e. The monoisotopic (exact) mass is 181 g/mol. The average molecular weight is 181 g/mol. The topological polar surface area (TPSA) is 79.8 Å². The first-order chi connectivity index (χ1) is 6.06. The molecule has 1 aromatic rings. The molecule has 0 amide bonds. The Labute approximate surface area is 72.6 Å². The van der Waals surface area contributed by atoms with Crippen molar-refractivity contribution >= 4 is 5.69 Å². The highest BCUT2D eigenvalue weighted by atomic mass is 19.1. The Bertz CT molecular complexity index is 411. The van der Waals surface area contributed by atoms with Gasteiger partial charge in [0.2, 0.25) is 11.6 Å². The van der Waals surface area contributed by atoms with E-state index in [1.807, 2.05) is 0 Å². The van der Waals surface area contributed by atoms with Crippen molar-refractivity contribution in [3.63, 3.8) is 0 Å². The van der Waals surface area contributed by atoms with Crippen LogP contribution in [0.15, 0.2) is 6.07 Å². The Kier molecular flexibility index (Phi) is 2.19. The first kappa shape index (κ1) is 9.06. The first-order valence-electron chi connectivity index (χ1n) is 3.28. The van der Waals surface area contributed by atoms with Gasteiger partial charge in [-0.2, -0.15) is 9.65 Å². The summed E-state index contributed by atoms with van der Waals surface area (Å²) in [5.41, 5.74) is -0.930. The number of nitriles is 1. The lowest BCUT2D eigenvalue weighted by Gasteiger charge is -1.96. The van der Waals surface area contributed by atoms with Crippen LogP contribution in [0.2, 0.25) is 0 Å². The van der Waals surface area contributed by atoms with Gasteiger partial charge in [0.1, 0.15) is 6.07 Å². The van der Waals surface area contributed by atoms with Crippen LogP contribution in [-0.2, 0) is 0 Å². The zero-order valence-electron chi connectivity index (χ0n) is 6.61. The maximum atomic E-state index is 12.7. The molecular formula is C7H4FN3O2. The van der Waals surface area contributed by atoms with Crippen molar-refractivity contribution in [3.05, 3.63) is 33.4 Å². The molecule has 0 fully saturated rings. The van der Waals surface area contributed by atoms with Gasteiger partial charge in [-0.05, 0) is 6.92 Å². The zero-order valence-corrected chi connectivity index (χ0v) is 6.61. The molecule has 0 saturated carbocycles. The van der Waals surface area contributed by atoms with Gasteiger partial charge in [0.15, 0.2) is 0 Å². The Morgan fingerprint density at radius 3 is 2.85 bits per heavy atom. The van der Waals surface area contributed by atoms with E-state index >= 15 is 0 Å². The molecule has 0 aliphatic rings. The highest BCUT2D eigenvalue weighted by Crippen LogP contribution is 2.18. The van der Waals surface area contributed by atoms with E-state index in [1.54, 1.807) is 0 Å². The molecule has 6 heteroatoms. The van der Waals surface area contributed by atoms with Gasteiger partial charge in [0.25, 0.3) is 0 Å². The summed E-state index contributed by atoms with van der Waals surface area (Å²) in [7, 11) is 0. The Hall–Kier alpha value is -2.03. The summed E-state index contributed by atoms with van der Waals surface area (Å²) >= 11 is 0. The molecule has 0 spiro atoms.